The minimum Gasteiger partial charge on any atom is -0.462 e. The van der Waals surface area contributed by atoms with Gasteiger partial charge in [0.25, 0.3) is 0 Å². The molecule has 2 rings (SSSR count). The third-order valence-electron chi connectivity index (χ3n) is 5.39. The zero-order chi connectivity index (χ0) is 26.5. The molecule has 0 heterocycles. The lowest BCUT2D eigenvalue weighted by atomic mass is 9.89. The van der Waals surface area contributed by atoms with E-state index in [4.69, 9.17) is 34.2 Å². The van der Waals surface area contributed by atoms with Crippen LogP contribution in [-0.2, 0) is 35.0 Å². The summed E-state index contributed by atoms with van der Waals surface area (Å²) in [7, 11) is 0. The van der Waals surface area contributed by atoms with Crippen molar-refractivity contribution >= 4 is 24.2 Å². The van der Waals surface area contributed by atoms with Crippen LogP contribution >= 0.6 is 0 Å². The van der Waals surface area contributed by atoms with Crippen LogP contribution in [0.3, 0.4) is 0 Å². The van der Waals surface area contributed by atoms with E-state index in [1.165, 1.54) is 12.1 Å². The fraction of sp³-hybridized carbons (Fsp3) is 0.600. The maximum absolute atomic E-state index is 12.5. The van der Waals surface area contributed by atoms with Crippen LogP contribution < -0.4 is 15.2 Å². The Bertz CT molecular complexity index is 897. The Morgan fingerprint density at radius 1 is 0.917 bits per heavy atom. The molecule has 0 amide bonds. The monoisotopic (exact) mass is 509 g/mol. The summed E-state index contributed by atoms with van der Waals surface area (Å²) < 4.78 is 30.3. The number of hydrogen-bond acceptors (Lipinski definition) is 11. The van der Waals surface area contributed by atoms with Crippen molar-refractivity contribution in [3.8, 4) is 11.5 Å². The number of rotatable bonds is 11. The maximum Gasteiger partial charge on any atom is 0.513 e. The van der Waals surface area contributed by atoms with Crippen LogP contribution in [0.2, 0.25) is 0 Å². The predicted molar refractivity (Wildman–Crippen MR) is 127 cm³/mol. The Morgan fingerprint density at radius 3 is 2.14 bits per heavy atom. The number of ether oxygens (including phenoxy) is 6. The Balaban J connectivity index is 1.94. The molecule has 11 heteroatoms. The Hall–Kier alpha value is -3.34. The minimum atomic E-state index is -1.05. The molecule has 11 nitrogen and oxygen atoms in total. The molecule has 36 heavy (non-hydrogen) atoms. The topological polar surface area (TPSA) is 150 Å². The number of hydrogen-bond donors (Lipinski definition) is 1. The number of nitrogens with two attached hydrogens (primary N) is 1. The van der Waals surface area contributed by atoms with Crippen molar-refractivity contribution in [3.05, 3.63) is 23.8 Å². The van der Waals surface area contributed by atoms with Gasteiger partial charge in [-0.3, -0.25) is 9.59 Å². The number of benzene rings is 1. The first-order valence-electron chi connectivity index (χ1n) is 12.2. The van der Waals surface area contributed by atoms with Crippen molar-refractivity contribution in [3.63, 3.8) is 0 Å². The van der Waals surface area contributed by atoms with Gasteiger partial charge in [0, 0.05) is 0 Å². The molecule has 0 radical (unpaired) electrons. The third-order valence-corrected chi connectivity index (χ3v) is 5.39. The molecule has 1 aliphatic rings. The largest absolute Gasteiger partial charge is 0.513 e. The van der Waals surface area contributed by atoms with E-state index >= 15 is 0 Å². The maximum atomic E-state index is 12.5. The van der Waals surface area contributed by atoms with Gasteiger partial charge >= 0.3 is 24.2 Å². The van der Waals surface area contributed by atoms with Crippen LogP contribution in [0.5, 0.6) is 11.5 Å². The van der Waals surface area contributed by atoms with E-state index in [2.05, 4.69) is 0 Å². The average Bonchev–Trinajstić information content (AvgIpc) is 2.85. The molecule has 0 unspecified atom stereocenters. The summed E-state index contributed by atoms with van der Waals surface area (Å²) in [6.45, 7) is 4.97. The summed E-state index contributed by atoms with van der Waals surface area (Å²) in [5.74, 6) is -1.22. The van der Waals surface area contributed by atoms with Crippen molar-refractivity contribution in [1.82, 2.24) is 0 Å². The second-order valence-electron chi connectivity index (χ2n) is 8.37. The summed E-state index contributed by atoms with van der Waals surface area (Å²) in [5, 5.41) is 0. The van der Waals surface area contributed by atoms with Crippen molar-refractivity contribution < 1.29 is 47.6 Å². The molecule has 1 fully saturated rings. The molecule has 200 valence electrons. The van der Waals surface area contributed by atoms with Crippen LogP contribution in [-0.4, -0.2) is 56.2 Å². The van der Waals surface area contributed by atoms with Crippen molar-refractivity contribution in [2.45, 2.75) is 71.4 Å². The van der Waals surface area contributed by atoms with Gasteiger partial charge in [0.15, 0.2) is 11.5 Å². The normalized spacial score (nSPS) is 15.2. The van der Waals surface area contributed by atoms with E-state index in [0.29, 0.717) is 5.56 Å². The molecule has 0 spiro atoms. The number of carbonyl (C=O) groups is 4. The molecular formula is C25H35NO10. The Kier molecular flexibility index (Phi) is 12.0. The molecule has 0 aromatic heterocycles. The van der Waals surface area contributed by atoms with Gasteiger partial charge in [-0.2, -0.15) is 0 Å². The SMILES string of the molecule is CCOC(=O)Oc1ccc(C[C@H](N)C(=O)O[C@@H](C)COC(=O)C2CCCCC2)cc1OC(=O)OCC. The lowest BCUT2D eigenvalue weighted by molar-refractivity contribution is -0.161. The summed E-state index contributed by atoms with van der Waals surface area (Å²) >= 11 is 0. The smallest absolute Gasteiger partial charge is 0.462 e. The van der Waals surface area contributed by atoms with E-state index in [1.807, 2.05) is 0 Å². The highest BCUT2D eigenvalue weighted by Crippen LogP contribution is 2.30. The first kappa shape index (κ1) is 28.9. The Morgan fingerprint density at radius 2 is 1.53 bits per heavy atom. The van der Waals surface area contributed by atoms with Gasteiger partial charge in [-0.1, -0.05) is 25.3 Å². The molecule has 1 aromatic rings. The summed E-state index contributed by atoms with van der Waals surface area (Å²) in [6.07, 6.45) is 2.20. The molecule has 2 atom stereocenters. The number of esters is 2. The molecule has 1 aromatic carbocycles. The lowest BCUT2D eigenvalue weighted by Gasteiger charge is -2.21. The molecule has 0 aliphatic heterocycles. The van der Waals surface area contributed by atoms with Gasteiger partial charge in [0.1, 0.15) is 18.8 Å². The highest BCUT2D eigenvalue weighted by atomic mass is 16.7. The van der Waals surface area contributed by atoms with Crippen molar-refractivity contribution in [2.24, 2.45) is 11.7 Å². The van der Waals surface area contributed by atoms with E-state index in [0.717, 1.165) is 32.1 Å². The van der Waals surface area contributed by atoms with E-state index in [1.54, 1.807) is 26.8 Å². The fourth-order valence-electron chi connectivity index (χ4n) is 3.63. The fourth-order valence-corrected chi connectivity index (χ4v) is 3.63. The highest BCUT2D eigenvalue weighted by Gasteiger charge is 2.25. The molecule has 0 saturated heterocycles. The van der Waals surface area contributed by atoms with Crippen LogP contribution in [0.25, 0.3) is 0 Å². The molecule has 0 bridgehead atoms. The quantitative estimate of drug-likeness (QED) is 0.264. The van der Waals surface area contributed by atoms with Crippen LogP contribution in [0.4, 0.5) is 9.59 Å². The first-order valence-corrected chi connectivity index (χ1v) is 12.2. The molecule has 1 saturated carbocycles. The number of carbonyl (C=O) groups excluding carboxylic acids is 4. The predicted octanol–water partition coefficient (Wildman–Crippen LogP) is 3.68. The van der Waals surface area contributed by atoms with E-state index < -0.39 is 30.4 Å². The molecule has 2 N–H and O–H groups in total. The summed E-state index contributed by atoms with van der Waals surface area (Å²) in [4.78, 5) is 48.1. The molecular weight excluding hydrogens is 474 g/mol. The molecule has 1 aliphatic carbocycles. The van der Waals surface area contributed by atoms with Gasteiger partial charge in [-0.15, -0.1) is 0 Å². The van der Waals surface area contributed by atoms with Crippen LogP contribution in [0.15, 0.2) is 18.2 Å². The second-order valence-corrected chi connectivity index (χ2v) is 8.37. The van der Waals surface area contributed by atoms with Gasteiger partial charge in [-0.05, 0) is 57.7 Å². The average molecular weight is 510 g/mol. The summed E-state index contributed by atoms with van der Waals surface area (Å²) in [6, 6.07) is 3.28. The minimum absolute atomic E-state index is 0.0340. The van der Waals surface area contributed by atoms with Crippen LogP contribution in [0.1, 0.15) is 58.4 Å². The van der Waals surface area contributed by atoms with Gasteiger partial charge < -0.3 is 34.2 Å². The zero-order valence-electron chi connectivity index (χ0n) is 21.0. The van der Waals surface area contributed by atoms with Crippen molar-refractivity contribution in [2.75, 3.05) is 19.8 Å². The van der Waals surface area contributed by atoms with Gasteiger partial charge in [0.05, 0.1) is 19.1 Å². The lowest BCUT2D eigenvalue weighted by Crippen LogP contribution is -2.37. The van der Waals surface area contributed by atoms with E-state index in [-0.39, 0.29) is 49.6 Å². The summed E-state index contributed by atoms with van der Waals surface area (Å²) in [5.41, 5.74) is 6.51. The van der Waals surface area contributed by atoms with Gasteiger partial charge in [0.2, 0.25) is 0 Å². The standard InChI is InChI=1S/C25H35NO10/c1-4-31-24(29)35-20-12-11-17(14-21(20)36-25(30)32-5-2)13-19(26)23(28)34-16(3)15-33-22(27)18-9-7-6-8-10-18/h11-12,14,16,18-19H,4-10,13,15,26H2,1-3H3/t16-,19-/m0/s1. The third kappa shape index (κ3) is 9.73. The van der Waals surface area contributed by atoms with Gasteiger partial charge in [-0.25, -0.2) is 9.59 Å². The Labute approximate surface area is 210 Å². The second kappa shape index (κ2) is 14.9. The van der Waals surface area contributed by atoms with Crippen LogP contribution in [0, 0.1) is 5.92 Å². The first-order chi connectivity index (χ1) is 17.2. The zero-order valence-corrected chi connectivity index (χ0v) is 21.0. The van der Waals surface area contributed by atoms with Crippen molar-refractivity contribution in [1.29, 1.82) is 0 Å². The van der Waals surface area contributed by atoms with E-state index in [9.17, 15) is 19.2 Å². The highest BCUT2D eigenvalue weighted by molar-refractivity contribution is 5.76.